The van der Waals surface area contributed by atoms with Crippen LogP contribution in [0.4, 0.5) is 0 Å². The topological polar surface area (TPSA) is 17.1 Å². The molecule has 0 aliphatic carbocycles. The number of hydrogen-bond acceptors (Lipinski definition) is 1. The third-order valence-corrected chi connectivity index (χ3v) is 1.85. The Labute approximate surface area is 52.6 Å². The number of carbonyl (C=O) groups excluding carboxylic acids is 1. The summed E-state index contributed by atoms with van der Waals surface area (Å²) in [5, 5.41) is 0. The van der Waals surface area contributed by atoms with Gasteiger partial charge in [0.15, 0.2) is 0 Å². The van der Waals surface area contributed by atoms with Crippen LogP contribution in [0.5, 0.6) is 0 Å². The van der Waals surface area contributed by atoms with Crippen LogP contribution in [0.25, 0.3) is 0 Å². The Balaban J connectivity index is 3.57. The Morgan fingerprint density at radius 2 is 2.00 bits per heavy atom. The summed E-state index contributed by atoms with van der Waals surface area (Å²) in [5.41, 5.74) is 0.670. The number of hydrogen-bond donors (Lipinski definition) is 0. The molecule has 2 heteroatoms. The molecular weight excluding hydrogens is 273 g/mol. The first-order valence-corrected chi connectivity index (χ1v) is 3.27. The van der Waals surface area contributed by atoms with Gasteiger partial charge in [0.25, 0.3) is 0 Å². The zero-order valence-electron chi connectivity index (χ0n) is 3.56. The van der Waals surface area contributed by atoms with E-state index in [1.54, 1.807) is 6.92 Å². The third-order valence-electron chi connectivity index (χ3n) is 0.365. The second kappa shape index (κ2) is 2.47. The summed E-state index contributed by atoms with van der Waals surface area (Å²) in [7, 11) is 0. The molecule has 0 radical (unpaired) electrons. The Morgan fingerprint density at radius 3 is 2.00 bits per heavy atom. The average molecular weight is 279 g/mol. The molecule has 0 fully saturated rings. The van der Waals surface area contributed by atoms with Crippen LogP contribution < -0.4 is 0 Å². The van der Waals surface area contributed by atoms with Crippen LogP contribution >= 0.6 is 0 Å². The van der Waals surface area contributed by atoms with Gasteiger partial charge in [-0.05, 0) is 0 Å². The summed E-state index contributed by atoms with van der Waals surface area (Å²) in [5.74, 6) is 0. The summed E-state index contributed by atoms with van der Waals surface area (Å²) in [6.07, 6.45) is 0. The van der Waals surface area contributed by atoms with Gasteiger partial charge in [0, 0.05) is 0 Å². The Morgan fingerprint density at radius 1 is 1.83 bits per heavy atom. The first-order chi connectivity index (χ1) is 2.64. The van der Waals surface area contributed by atoms with E-state index in [0.29, 0.717) is 5.57 Å². The van der Waals surface area contributed by atoms with Crippen molar-refractivity contribution in [3.8, 4) is 0 Å². The van der Waals surface area contributed by atoms with Gasteiger partial charge in [-0.25, -0.2) is 0 Å². The van der Waals surface area contributed by atoms with E-state index in [-0.39, 0.29) is 3.44 Å². The van der Waals surface area contributed by atoms with Crippen LogP contribution in [-0.4, -0.2) is 28.5 Å². The van der Waals surface area contributed by atoms with Crippen molar-refractivity contribution in [3.05, 3.63) is 12.2 Å². The van der Waals surface area contributed by atoms with E-state index in [9.17, 15) is 4.79 Å². The summed E-state index contributed by atoms with van der Waals surface area (Å²) in [4.78, 5) is 10.1. The summed E-state index contributed by atoms with van der Waals surface area (Å²) < 4.78 is 0.176. The van der Waals surface area contributed by atoms with Gasteiger partial charge in [0.2, 0.25) is 0 Å². The first-order valence-electron chi connectivity index (χ1n) is 1.53. The number of carbonyl (C=O) groups is 1. The van der Waals surface area contributed by atoms with Crippen molar-refractivity contribution in [2.45, 2.75) is 6.92 Å². The van der Waals surface area contributed by atoms with Gasteiger partial charge in [0.05, 0.1) is 0 Å². The molecule has 0 saturated heterocycles. The first kappa shape index (κ1) is 6.31. The zero-order valence-corrected chi connectivity index (χ0v) is 7.04. The van der Waals surface area contributed by atoms with Crippen LogP contribution in [0.3, 0.4) is 0 Å². The van der Waals surface area contributed by atoms with Crippen molar-refractivity contribution in [1.29, 1.82) is 0 Å². The fourth-order valence-corrected chi connectivity index (χ4v) is 0. The zero-order chi connectivity index (χ0) is 5.15. The van der Waals surface area contributed by atoms with Gasteiger partial charge in [-0.2, -0.15) is 0 Å². The molecule has 0 amide bonds. The minimum absolute atomic E-state index is 0.176. The van der Waals surface area contributed by atoms with E-state index < -0.39 is 0 Å². The SMILES string of the molecule is C=C(C)[C](=O)[PoH]. The standard InChI is InChI=1S/C4H5O.Po.H/c1-4(2)3-5;;/h1H2,2H3;;. The molecule has 1 nitrogen and oxygen atoms in total. The molecule has 0 saturated carbocycles. The van der Waals surface area contributed by atoms with E-state index in [1.807, 2.05) is 0 Å². The van der Waals surface area contributed by atoms with Crippen LogP contribution in [0.2, 0.25) is 0 Å². The van der Waals surface area contributed by atoms with Crippen molar-refractivity contribution in [2.75, 3.05) is 0 Å². The second-order valence-electron chi connectivity index (χ2n) is 1.09. The summed E-state index contributed by atoms with van der Waals surface area (Å²) in [6.45, 7) is 5.16. The molecule has 0 aromatic rings. The number of allylic oxidation sites excluding steroid dienone is 1. The molecule has 0 heterocycles. The Kier molecular flexibility index (Phi) is 2.60. The van der Waals surface area contributed by atoms with Crippen LogP contribution in [0.15, 0.2) is 12.2 Å². The molecule has 0 atom stereocenters. The normalized spacial score (nSPS) is 7.67. The van der Waals surface area contributed by atoms with Crippen molar-refractivity contribution < 1.29 is 4.79 Å². The molecule has 0 aliphatic rings. The summed E-state index contributed by atoms with van der Waals surface area (Å²) >= 11 is 0.792. The molecule has 6 heavy (non-hydrogen) atoms. The van der Waals surface area contributed by atoms with E-state index in [4.69, 9.17) is 0 Å². The fraction of sp³-hybridized carbons (Fsp3) is 0.250. The Bertz CT molecular complexity index is 73.5. The predicted octanol–water partition coefficient (Wildman–Crippen LogP) is -0.0101. The van der Waals surface area contributed by atoms with Gasteiger partial charge in [0.1, 0.15) is 0 Å². The molecule has 0 bridgehead atoms. The molecule has 0 rings (SSSR count). The molecule has 0 spiro atoms. The minimum atomic E-state index is 0.176. The third kappa shape index (κ3) is 2.54. The Hall–Kier alpha value is 0.306. The molecular formula is C4H6OPo. The van der Waals surface area contributed by atoms with Crippen LogP contribution in [0.1, 0.15) is 6.92 Å². The predicted molar refractivity (Wildman–Crippen MR) is 27.0 cm³/mol. The van der Waals surface area contributed by atoms with Crippen molar-refractivity contribution in [3.63, 3.8) is 0 Å². The van der Waals surface area contributed by atoms with E-state index in [0.717, 1.165) is 25.1 Å². The van der Waals surface area contributed by atoms with E-state index in [1.165, 1.54) is 0 Å². The van der Waals surface area contributed by atoms with E-state index in [2.05, 4.69) is 6.58 Å². The van der Waals surface area contributed by atoms with E-state index >= 15 is 0 Å². The fourth-order valence-electron chi connectivity index (χ4n) is 0. The van der Waals surface area contributed by atoms with Gasteiger partial charge >= 0.3 is 52.4 Å². The van der Waals surface area contributed by atoms with Crippen LogP contribution in [0, 0.1) is 0 Å². The van der Waals surface area contributed by atoms with Crippen LogP contribution in [-0.2, 0) is 4.79 Å². The van der Waals surface area contributed by atoms with Crippen molar-refractivity contribution >= 4 is 28.5 Å². The van der Waals surface area contributed by atoms with Gasteiger partial charge in [-0.3, -0.25) is 0 Å². The van der Waals surface area contributed by atoms with Gasteiger partial charge < -0.3 is 0 Å². The molecule has 0 unspecified atom stereocenters. The maximum atomic E-state index is 10.1. The quantitative estimate of drug-likeness (QED) is 0.617. The van der Waals surface area contributed by atoms with Crippen molar-refractivity contribution in [2.24, 2.45) is 0 Å². The van der Waals surface area contributed by atoms with Gasteiger partial charge in [-0.1, -0.05) is 0 Å². The second-order valence-corrected chi connectivity index (χ2v) is 2.66. The molecule has 0 aliphatic heterocycles. The summed E-state index contributed by atoms with van der Waals surface area (Å²) in [6, 6.07) is 0. The number of rotatable bonds is 1. The van der Waals surface area contributed by atoms with Crippen molar-refractivity contribution in [1.82, 2.24) is 0 Å². The maximum absolute atomic E-state index is 10.1. The average Bonchev–Trinajstić information content (AvgIpc) is 1.36. The molecule has 0 aromatic carbocycles. The molecule has 34 valence electrons. The monoisotopic (exact) mass is 279 g/mol. The van der Waals surface area contributed by atoms with Gasteiger partial charge in [-0.15, -0.1) is 0 Å². The molecule has 0 N–H and O–H groups in total. The molecule has 0 aromatic heterocycles.